The van der Waals surface area contributed by atoms with Gasteiger partial charge in [-0.15, -0.1) is 0 Å². The summed E-state index contributed by atoms with van der Waals surface area (Å²) < 4.78 is 93.9. The minimum atomic E-state index is -1.55. The zero-order valence-electron chi connectivity index (χ0n) is 20.2. The lowest BCUT2D eigenvalue weighted by Gasteiger charge is -2.29. The molecule has 1 saturated heterocycles. The van der Waals surface area contributed by atoms with Crippen LogP contribution < -0.4 is 0 Å². The van der Waals surface area contributed by atoms with Gasteiger partial charge in [0.15, 0.2) is 29.6 Å². The van der Waals surface area contributed by atoms with Crippen LogP contribution in [0, 0.1) is 29.2 Å². The summed E-state index contributed by atoms with van der Waals surface area (Å²) in [5.41, 5.74) is 1.97. The van der Waals surface area contributed by atoms with Crippen LogP contribution in [0.2, 0.25) is 0 Å². The molecule has 1 aliphatic rings. The van der Waals surface area contributed by atoms with E-state index in [2.05, 4.69) is 0 Å². The molecule has 0 radical (unpaired) electrons. The minimum absolute atomic E-state index is 0.0359. The minimum Gasteiger partial charge on any atom is -0.348 e. The smallest absolute Gasteiger partial charge is 0.194 e. The molecule has 0 aliphatic carbocycles. The quantitative estimate of drug-likeness (QED) is 0.219. The normalized spacial score (nSPS) is 18.6. The van der Waals surface area contributed by atoms with Crippen LogP contribution in [-0.4, -0.2) is 13.2 Å². The van der Waals surface area contributed by atoms with Gasteiger partial charge in [0.1, 0.15) is 11.6 Å². The highest BCUT2D eigenvalue weighted by atomic mass is 19.2. The fraction of sp³-hybridized carbons (Fsp3) is 0.310. The van der Waals surface area contributed by atoms with Gasteiger partial charge in [0.05, 0.1) is 13.2 Å². The Morgan fingerprint density at radius 2 is 1.43 bits per heavy atom. The van der Waals surface area contributed by atoms with E-state index in [9.17, 15) is 26.3 Å². The first-order valence-electron chi connectivity index (χ1n) is 12.1. The summed E-state index contributed by atoms with van der Waals surface area (Å²) in [4.78, 5) is 0. The average Bonchev–Trinajstić information content (AvgIpc) is 2.91. The monoisotopic (exact) mass is 520 g/mol. The number of halogens is 6. The molecule has 1 aliphatic heterocycles. The Morgan fingerprint density at radius 1 is 0.811 bits per heavy atom. The first-order valence-corrected chi connectivity index (χ1v) is 12.1. The van der Waals surface area contributed by atoms with E-state index < -0.39 is 41.2 Å². The third-order valence-corrected chi connectivity index (χ3v) is 6.30. The predicted molar refractivity (Wildman–Crippen MR) is 129 cm³/mol. The van der Waals surface area contributed by atoms with E-state index in [4.69, 9.17) is 9.47 Å². The molecule has 0 atom stereocenters. The summed E-state index contributed by atoms with van der Waals surface area (Å²) in [6.45, 7) is 2.24. The number of rotatable bonds is 8. The Hall–Kier alpha value is -3.10. The maximum absolute atomic E-state index is 14.8. The van der Waals surface area contributed by atoms with E-state index in [-0.39, 0.29) is 36.7 Å². The third-order valence-electron chi connectivity index (χ3n) is 6.30. The van der Waals surface area contributed by atoms with Crippen molar-refractivity contribution >= 4 is 5.83 Å². The van der Waals surface area contributed by atoms with Crippen molar-refractivity contribution in [3.63, 3.8) is 0 Å². The van der Waals surface area contributed by atoms with Crippen LogP contribution in [0.4, 0.5) is 26.3 Å². The fourth-order valence-corrected chi connectivity index (χ4v) is 4.20. The molecule has 3 aromatic carbocycles. The standard InChI is InChI=1S/C29H26F6O2/c1-2-3-23(30)27(34)20-9-6-18(7-10-20)21-11-8-19(24(31)12-21)5-4-17-15-36-29(37-16-17)22-13-25(32)28(35)26(33)14-22/h6-14,17,29H,2-5,15-16H2,1H3. The SMILES string of the molecule is CCCC(F)=C(F)c1ccc(-c2ccc(CCC3COC(c4cc(F)c(F)c(F)c4)OC3)c(F)c2)cc1. The topological polar surface area (TPSA) is 18.5 Å². The van der Waals surface area contributed by atoms with Crippen molar-refractivity contribution in [2.75, 3.05) is 13.2 Å². The highest BCUT2D eigenvalue weighted by Gasteiger charge is 2.26. The van der Waals surface area contributed by atoms with Gasteiger partial charge >= 0.3 is 0 Å². The summed E-state index contributed by atoms with van der Waals surface area (Å²) in [5, 5.41) is 0. The molecule has 196 valence electrons. The first kappa shape index (κ1) is 26.9. The third kappa shape index (κ3) is 6.43. The Morgan fingerprint density at radius 3 is 2.03 bits per heavy atom. The van der Waals surface area contributed by atoms with Crippen LogP contribution in [0.25, 0.3) is 17.0 Å². The van der Waals surface area contributed by atoms with Crippen molar-refractivity contribution in [2.24, 2.45) is 5.92 Å². The summed E-state index contributed by atoms with van der Waals surface area (Å²) in [6.07, 6.45) is 0.505. The molecule has 1 heterocycles. The molecule has 0 unspecified atom stereocenters. The van der Waals surface area contributed by atoms with Gasteiger partial charge in [-0.3, -0.25) is 0 Å². The van der Waals surface area contributed by atoms with Crippen molar-refractivity contribution in [3.05, 3.63) is 100 Å². The Labute approximate surface area is 211 Å². The molecule has 0 saturated carbocycles. The summed E-state index contributed by atoms with van der Waals surface area (Å²) in [6, 6.07) is 12.7. The van der Waals surface area contributed by atoms with Gasteiger partial charge in [0.25, 0.3) is 0 Å². The highest BCUT2D eigenvalue weighted by molar-refractivity contribution is 5.68. The van der Waals surface area contributed by atoms with Gasteiger partial charge in [-0.1, -0.05) is 43.3 Å². The first-order chi connectivity index (χ1) is 17.8. The van der Waals surface area contributed by atoms with Crippen molar-refractivity contribution in [2.45, 2.75) is 38.9 Å². The molecule has 4 rings (SSSR count). The van der Waals surface area contributed by atoms with Crippen molar-refractivity contribution in [1.82, 2.24) is 0 Å². The lowest BCUT2D eigenvalue weighted by molar-refractivity contribution is -0.206. The van der Waals surface area contributed by atoms with Crippen molar-refractivity contribution in [1.29, 1.82) is 0 Å². The summed E-state index contributed by atoms with van der Waals surface area (Å²) in [7, 11) is 0. The summed E-state index contributed by atoms with van der Waals surface area (Å²) >= 11 is 0. The second-order valence-corrected chi connectivity index (χ2v) is 9.05. The molecule has 0 amide bonds. The summed E-state index contributed by atoms with van der Waals surface area (Å²) in [5.74, 6) is -6.30. The maximum atomic E-state index is 14.8. The number of hydrogen-bond donors (Lipinski definition) is 0. The van der Waals surface area contributed by atoms with E-state index in [1.165, 1.54) is 18.2 Å². The van der Waals surface area contributed by atoms with E-state index in [1.54, 1.807) is 31.2 Å². The van der Waals surface area contributed by atoms with Gasteiger partial charge in [-0.05, 0) is 54.2 Å². The van der Waals surface area contributed by atoms with Gasteiger partial charge in [-0.2, -0.15) is 0 Å². The average molecular weight is 521 g/mol. The fourth-order valence-electron chi connectivity index (χ4n) is 4.20. The molecule has 0 bridgehead atoms. The largest absolute Gasteiger partial charge is 0.348 e. The van der Waals surface area contributed by atoms with Crippen LogP contribution in [-0.2, 0) is 15.9 Å². The highest BCUT2D eigenvalue weighted by Crippen LogP contribution is 2.31. The zero-order chi connectivity index (χ0) is 26.5. The van der Waals surface area contributed by atoms with E-state index in [0.29, 0.717) is 36.0 Å². The van der Waals surface area contributed by atoms with Crippen molar-refractivity contribution < 1.29 is 35.8 Å². The number of hydrogen-bond acceptors (Lipinski definition) is 2. The van der Waals surface area contributed by atoms with Crippen LogP contribution in [0.3, 0.4) is 0 Å². The van der Waals surface area contributed by atoms with Crippen LogP contribution >= 0.6 is 0 Å². The number of aryl methyl sites for hydroxylation is 1. The lowest BCUT2D eigenvalue weighted by Crippen LogP contribution is -2.27. The Kier molecular flexibility index (Phi) is 8.71. The number of benzene rings is 3. The molecule has 8 heteroatoms. The molecule has 0 spiro atoms. The number of allylic oxidation sites excluding steroid dienone is 1. The van der Waals surface area contributed by atoms with Crippen LogP contribution in [0.15, 0.2) is 60.4 Å². The second kappa shape index (κ2) is 12.0. The van der Waals surface area contributed by atoms with Crippen molar-refractivity contribution in [3.8, 4) is 11.1 Å². The molecule has 2 nitrogen and oxygen atoms in total. The van der Waals surface area contributed by atoms with E-state index >= 15 is 0 Å². The van der Waals surface area contributed by atoms with Gasteiger partial charge < -0.3 is 9.47 Å². The van der Waals surface area contributed by atoms with E-state index in [1.807, 2.05) is 0 Å². The molecule has 1 fully saturated rings. The van der Waals surface area contributed by atoms with Crippen LogP contribution in [0.1, 0.15) is 49.2 Å². The zero-order valence-corrected chi connectivity index (χ0v) is 20.2. The second-order valence-electron chi connectivity index (χ2n) is 9.05. The van der Waals surface area contributed by atoms with Crippen LogP contribution in [0.5, 0.6) is 0 Å². The molecule has 37 heavy (non-hydrogen) atoms. The molecular weight excluding hydrogens is 494 g/mol. The molecular formula is C29H26F6O2. The Bertz CT molecular complexity index is 1240. The maximum Gasteiger partial charge on any atom is 0.194 e. The molecule has 0 N–H and O–H groups in total. The van der Waals surface area contributed by atoms with E-state index in [0.717, 1.165) is 12.1 Å². The van der Waals surface area contributed by atoms with Gasteiger partial charge in [0, 0.05) is 23.5 Å². The van der Waals surface area contributed by atoms with Gasteiger partial charge in [-0.25, -0.2) is 26.3 Å². The molecule has 3 aromatic rings. The predicted octanol–water partition coefficient (Wildman–Crippen LogP) is 8.61. The number of ether oxygens (including phenoxy) is 2. The molecule has 0 aromatic heterocycles. The lowest BCUT2D eigenvalue weighted by atomic mass is 9.97. The Balaban J connectivity index is 1.33. The van der Waals surface area contributed by atoms with Gasteiger partial charge in [0.2, 0.25) is 0 Å².